The molecule has 0 aromatic heterocycles. The Labute approximate surface area is 58.6 Å². The predicted molar refractivity (Wildman–Crippen MR) is 33.8 cm³/mol. The van der Waals surface area contributed by atoms with E-state index in [1.165, 1.54) is 0 Å². The largest absolute Gasteiger partial charge is 0.327 e. The van der Waals surface area contributed by atoms with E-state index in [0.29, 0.717) is 19.3 Å². The topological polar surface area (TPSA) is 26.0 Å². The third-order valence-electron chi connectivity index (χ3n) is 2.94. The normalized spacial score (nSPS) is 50.1. The number of hydrogen-bond acceptors (Lipinski definition) is 1. The van der Waals surface area contributed by atoms with Crippen molar-refractivity contribution in [3.8, 4) is 0 Å². The second kappa shape index (κ2) is 1.70. The average molecular weight is 147 g/mol. The van der Waals surface area contributed by atoms with Crippen LogP contribution in [0, 0.1) is 11.8 Å². The summed E-state index contributed by atoms with van der Waals surface area (Å²) < 4.78 is 25.9. The lowest BCUT2D eigenvalue weighted by atomic mass is 9.96. The van der Waals surface area contributed by atoms with E-state index in [2.05, 4.69) is 0 Å². The van der Waals surface area contributed by atoms with Crippen molar-refractivity contribution in [2.24, 2.45) is 17.6 Å². The summed E-state index contributed by atoms with van der Waals surface area (Å²) in [5, 5.41) is 0. The number of fused-ring (bicyclic) bond motifs is 2. The van der Waals surface area contributed by atoms with Gasteiger partial charge in [0.2, 0.25) is 0 Å². The molecule has 2 saturated carbocycles. The smallest absolute Gasteiger partial charge is 0.255 e. The molecule has 3 heteroatoms. The van der Waals surface area contributed by atoms with Gasteiger partial charge in [-0.3, -0.25) is 0 Å². The first-order valence-corrected chi connectivity index (χ1v) is 3.75. The molecule has 2 fully saturated rings. The Hall–Kier alpha value is -0.180. The number of alkyl halides is 2. The van der Waals surface area contributed by atoms with Crippen LogP contribution in [0.3, 0.4) is 0 Å². The van der Waals surface area contributed by atoms with E-state index in [9.17, 15) is 8.78 Å². The molecular weight excluding hydrogens is 136 g/mol. The lowest BCUT2D eigenvalue weighted by Gasteiger charge is -2.16. The quantitative estimate of drug-likeness (QED) is 0.550. The van der Waals surface area contributed by atoms with E-state index < -0.39 is 17.8 Å². The highest BCUT2D eigenvalue weighted by molar-refractivity contribution is 5.04. The van der Waals surface area contributed by atoms with E-state index in [4.69, 9.17) is 5.73 Å². The zero-order valence-electron chi connectivity index (χ0n) is 5.69. The Morgan fingerprint density at radius 1 is 1.30 bits per heavy atom. The summed E-state index contributed by atoms with van der Waals surface area (Å²) in [6.07, 6.45) is 1.86. The Morgan fingerprint density at radius 3 is 2.20 bits per heavy atom. The molecule has 2 rings (SSSR count). The fourth-order valence-corrected chi connectivity index (χ4v) is 2.34. The summed E-state index contributed by atoms with van der Waals surface area (Å²) in [4.78, 5) is 0. The van der Waals surface area contributed by atoms with Crippen LogP contribution in [0.2, 0.25) is 0 Å². The van der Waals surface area contributed by atoms with Crippen LogP contribution in [0.4, 0.5) is 8.78 Å². The van der Waals surface area contributed by atoms with Crippen LogP contribution in [0.15, 0.2) is 0 Å². The second-order valence-corrected chi connectivity index (χ2v) is 3.45. The summed E-state index contributed by atoms with van der Waals surface area (Å²) in [5.41, 5.74) is 5.52. The van der Waals surface area contributed by atoms with Crippen molar-refractivity contribution in [3.05, 3.63) is 0 Å². The summed E-state index contributed by atoms with van der Waals surface area (Å²) in [6, 6.07) is -0.228. The van der Waals surface area contributed by atoms with Gasteiger partial charge >= 0.3 is 0 Å². The molecular formula is C7H11F2N. The van der Waals surface area contributed by atoms with Gasteiger partial charge < -0.3 is 5.73 Å². The maximum absolute atomic E-state index is 13.0. The molecule has 0 aliphatic heterocycles. The van der Waals surface area contributed by atoms with Gasteiger partial charge in [-0.15, -0.1) is 0 Å². The molecule has 0 amide bonds. The van der Waals surface area contributed by atoms with Gasteiger partial charge in [0.1, 0.15) is 0 Å². The van der Waals surface area contributed by atoms with Gasteiger partial charge in [0.25, 0.3) is 5.92 Å². The molecule has 2 bridgehead atoms. The highest BCUT2D eigenvalue weighted by Gasteiger charge is 2.59. The summed E-state index contributed by atoms with van der Waals surface area (Å²) in [5.74, 6) is -3.33. The zero-order chi connectivity index (χ0) is 7.35. The molecule has 2 aliphatic carbocycles. The van der Waals surface area contributed by atoms with Crippen LogP contribution < -0.4 is 5.73 Å². The first-order valence-electron chi connectivity index (χ1n) is 3.75. The van der Waals surface area contributed by atoms with Crippen LogP contribution >= 0.6 is 0 Å². The first kappa shape index (κ1) is 6.53. The van der Waals surface area contributed by atoms with Crippen LogP contribution in [-0.4, -0.2) is 12.0 Å². The standard InChI is InChI=1S/C7H11F2N/c8-7(9)4-1-2-5(7)6(10)3-4/h4-6H,1-3,10H2/t4-,5-,6-/m1/s1. The van der Waals surface area contributed by atoms with Gasteiger partial charge in [-0.25, -0.2) is 8.78 Å². The number of nitrogens with two attached hydrogens (primary N) is 1. The van der Waals surface area contributed by atoms with E-state index in [0.717, 1.165) is 0 Å². The predicted octanol–water partition coefficient (Wildman–Crippen LogP) is 1.38. The molecule has 0 saturated heterocycles. The molecule has 0 radical (unpaired) electrons. The van der Waals surface area contributed by atoms with Crippen LogP contribution in [0.5, 0.6) is 0 Å². The molecule has 2 aliphatic rings. The Balaban J connectivity index is 2.27. The fraction of sp³-hybridized carbons (Fsp3) is 1.00. The minimum Gasteiger partial charge on any atom is -0.327 e. The second-order valence-electron chi connectivity index (χ2n) is 3.45. The van der Waals surface area contributed by atoms with Crippen molar-refractivity contribution < 1.29 is 8.78 Å². The Bertz CT molecular complexity index is 158. The Kier molecular flexibility index (Phi) is 1.11. The lowest BCUT2D eigenvalue weighted by Crippen LogP contribution is -2.31. The van der Waals surface area contributed by atoms with Crippen LogP contribution in [0.25, 0.3) is 0 Å². The Morgan fingerprint density at radius 2 is 2.00 bits per heavy atom. The fourth-order valence-electron chi connectivity index (χ4n) is 2.34. The van der Waals surface area contributed by atoms with Gasteiger partial charge in [-0.2, -0.15) is 0 Å². The molecule has 58 valence electrons. The zero-order valence-corrected chi connectivity index (χ0v) is 5.69. The molecule has 3 atom stereocenters. The SMILES string of the molecule is N[C@@H]1C[C@H]2CC[C@H]1C2(F)F. The molecule has 10 heavy (non-hydrogen) atoms. The van der Waals surface area contributed by atoms with Crippen molar-refractivity contribution in [2.45, 2.75) is 31.2 Å². The molecule has 1 nitrogen and oxygen atoms in total. The molecule has 0 spiro atoms. The van der Waals surface area contributed by atoms with Crippen LogP contribution in [0.1, 0.15) is 19.3 Å². The number of halogens is 2. The summed E-state index contributed by atoms with van der Waals surface area (Å²) in [7, 11) is 0. The molecule has 0 aromatic rings. The molecule has 2 N–H and O–H groups in total. The lowest BCUT2D eigenvalue weighted by molar-refractivity contribution is -0.0463. The van der Waals surface area contributed by atoms with E-state index >= 15 is 0 Å². The van der Waals surface area contributed by atoms with E-state index in [-0.39, 0.29) is 6.04 Å². The monoisotopic (exact) mass is 147 g/mol. The van der Waals surface area contributed by atoms with Gasteiger partial charge in [0.15, 0.2) is 0 Å². The third-order valence-corrected chi connectivity index (χ3v) is 2.94. The van der Waals surface area contributed by atoms with Crippen LogP contribution in [-0.2, 0) is 0 Å². The van der Waals surface area contributed by atoms with Gasteiger partial charge in [-0.05, 0) is 19.3 Å². The third kappa shape index (κ3) is 0.590. The van der Waals surface area contributed by atoms with Gasteiger partial charge in [0.05, 0.1) is 0 Å². The number of hydrogen-bond donors (Lipinski definition) is 1. The van der Waals surface area contributed by atoms with Crippen molar-refractivity contribution >= 4 is 0 Å². The summed E-state index contributed by atoms with van der Waals surface area (Å²) >= 11 is 0. The highest BCUT2D eigenvalue weighted by atomic mass is 19.3. The first-order chi connectivity index (χ1) is 4.62. The molecule has 0 unspecified atom stereocenters. The molecule has 0 aromatic carbocycles. The maximum Gasteiger partial charge on any atom is 0.255 e. The minimum atomic E-state index is -2.43. The maximum atomic E-state index is 13.0. The number of rotatable bonds is 0. The minimum absolute atomic E-state index is 0.228. The van der Waals surface area contributed by atoms with Crippen molar-refractivity contribution in [1.29, 1.82) is 0 Å². The van der Waals surface area contributed by atoms with E-state index in [1.54, 1.807) is 0 Å². The molecule has 0 heterocycles. The average Bonchev–Trinajstić information content (AvgIpc) is 2.20. The van der Waals surface area contributed by atoms with Gasteiger partial charge in [0, 0.05) is 17.9 Å². The van der Waals surface area contributed by atoms with Crippen molar-refractivity contribution in [2.75, 3.05) is 0 Å². The highest BCUT2D eigenvalue weighted by Crippen LogP contribution is 2.54. The van der Waals surface area contributed by atoms with E-state index in [1.807, 2.05) is 0 Å². The van der Waals surface area contributed by atoms with Crippen molar-refractivity contribution in [1.82, 2.24) is 0 Å². The summed E-state index contributed by atoms with van der Waals surface area (Å²) in [6.45, 7) is 0. The van der Waals surface area contributed by atoms with Crippen molar-refractivity contribution in [3.63, 3.8) is 0 Å². The van der Waals surface area contributed by atoms with Gasteiger partial charge in [-0.1, -0.05) is 0 Å².